The molecule has 2 aliphatic rings. The van der Waals surface area contributed by atoms with E-state index in [2.05, 4.69) is 17.1 Å². The molecular formula is C16H32N2O. The summed E-state index contributed by atoms with van der Waals surface area (Å²) in [5.41, 5.74) is 0. The number of nitrogens with one attached hydrogen (secondary N) is 1. The van der Waals surface area contributed by atoms with E-state index in [0.717, 1.165) is 31.3 Å². The largest absolute Gasteiger partial charge is 0.385 e. The van der Waals surface area contributed by atoms with Gasteiger partial charge in [0.15, 0.2) is 0 Å². The Balaban J connectivity index is 1.74. The number of hydrogen-bond donors (Lipinski definition) is 1. The molecule has 19 heavy (non-hydrogen) atoms. The Bertz CT molecular complexity index is 233. The van der Waals surface area contributed by atoms with Crippen molar-refractivity contribution < 1.29 is 4.74 Å². The van der Waals surface area contributed by atoms with Crippen LogP contribution in [0.4, 0.5) is 0 Å². The van der Waals surface area contributed by atoms with Gasteiger partial charge in [0.25, 0.3) is 0 Å². The quantitative estimate of drug-likeness (QED) is 0.685. The van der Waals surface area contributed by atoms with E-state index in [1.807, 2.05) is 0 Å². The van der Waals surface area contributed by atoms with E-state index in [1.165, 1.54) is 57.9 Å². The summed E-state index contributed by atoms with van der Waals surface area (Å²) in [4.78, 5) is 2.84. The molecule has 2 aliphatic heterocycles. The van der Waals surface area contributed by atoms with Crippen LogP contribution >= 0.6 is 0 Å². The van der Waals surface area contributed by atoms with Crippen LogP contribution in [-0.4, -0.2) is 49.8 Å². The fourth-order valence-corrected chi connectivity index (χ4v) is 4.02. The van der Waals surface area contributed by atoms with Gasteiger partial charge in [-0.05, 0) is 58.0 Å². The van der Waals surface area contributed by atoms with Gasteiger partial charge >= 0.3 is 0 Å². The fourth-order valence-electron chi connectivity index (χ4n) is 4.02. The van der Waals surface area contributed by atoms with Gasteiger partial charge in [-0.1, -0.05) is 13.3 Å². The molecule has 2 saturated heterocycles. The predicted octanol–water partition coefficient (Wildman–Crippen LogP) is 2.80. The van der Waals surface area contributed by atoms with Crippen LogP contribution in [0.2, 0.25) is 0 Å². The maximum atomic E-state index is 5.13. The SMILES string of the molecule is CCNC1CC2CCCC(C1)N2CCCCCOC. The van der Waals surface area contributed by atoms with Crippen molar-refractivity contribution in [3.8, 4) is 0 Å². The second-order valence-electron chi connectivity index (χ2n) is 6.26. The molecule has 2 bridgehead atoms. The van der Waals surface area contributed by atoms with E-state index in [1.54, 1.807) is 7.11 Å². The van der Waals surface area contributed by atoms with Crippen LogP contribution < -0.4 is 5.32 Å². The number of piperidine rings is 2. The summed E-state index contributed by atoms with van der Waals surface area (Å²) in [7, 11) is 1.80. The zero-order valence-corrected chi connectivity index (χ0v) is 12.9. The van der Waals surface area contributed by atoms with Crippen molar-refractivity contribution in [1.82, 2.24) is 10.2 Å². The molecule has 3 heteroatoms. The molecule has 0 aromatic heterocycles. The fraction of sp³-hybridized carbons (Fsp3) is 1.00. The van der Waals surface area contributed by atoms with Crippen molar-refractivity contribution in [2.75, 3.05) is 26.8 Å². The number of rotatable bonds is 8. The molecule has 1 N–H and O–H groups in total. The number of methoxy groups -OCH3 is 1. The maximum absolute atomic E-state index is 5.13. The van der Waals surface area contributed by atoms with Crippen LogP contribution in [-0.2, 0) is 4.74 Å². The Morgan fingerprint density at radius 1 is 1.11 bits per heavy atom. The van der Waals surface area contributed by atoms with Crippen molar-refractivity contribution in [2.24, 2.45) is 0 Å². The van der Waals surface area contributed by atoms with E-state index < -0.39 is 0 Å². The predicted molar refractivity (Wildman–Crippen MR) is 80.6 cm³/mol. The normalized spacial score (nSPS) is 31.6. The Labute approximate surface area is 119 Å². The number of ether oxygens (including phenoxy) is 1. The van der Waals surface area contributed by atoms with Crippen LogP contribution in [0, 0.1) is 0 Å². The third-order valence-corrected chi connectivity index (χ3v) is 4.88. The molecule has 2 rings (SSSR count). The molecule has 2 unspecified atom stereocenters. The Kier molecular flexibility index (Phi) is 6.62. The van der Waals surface area contributed by atoms with Crippen LogP contribution in [0.25, 0.3) is 0 Å². The van der Waals surface area contributed by atoms with Gasteiger partial charge in [-0.15, -0.1) is 0 Å². The van der Waals surface area contributed by atoms with Crippen LogP contribution in [0.3, 0.4) is 0 Å². The molecule has 112 valence electrons. The Hall–Kier alpha value is -0.120. The number of hydrogen-bond acceptors (Lipinski definition) is 3. The molecule has 0 saturated carbocycles. The van der Waals surface area contributed by atoms with Crippen LogP contribution in [0.1, 0.15) is 58.3 Å². The van der Waals surface area contributed by atoms with E-state index in [0.29, 0.717) is 0 Å². The average Bonchev–Trinajstić information content (AvgIpc) is 2.39. The highest BCUT2D eigenvalue weighted by molar-refractivity contribution is 4.94. The van der Waals surface area contributed by atoms with Gasteiger partial charge in [-0.25, -0.2) is 0 Å². The maximum Gasteiger partial charge on any atom is 0.0462 e. The minimum atomic E-state index is 0.782. The van der Waals surface area contributed by atoms with Crippen molar-refractivity contribution >= 4 is 0 Å². The number of unbranched alkanes of at least 4 members (excludes halogenated alkanes) is 2. The van der Waals surface area contributed by atoms with Crippen molar-refractivity contribution in [3.05, 3.63) is 0 Å². The molecule has 2 heterocycles. The summed E-state index contributed by atoms with van der Waals surface area (Å²) in [5.74, 6) is 0. The summed E-state index contributed by atoms with van der Waals surface area (Å²) in [6.07, 6.45) is 11.0. The minimum Gasteiger partial charge on any atom is -0.385 e. The van der Waals surface area contributed by atoms with Gasteiger partial charge in [-0.2, -0.15) is 0 Å². The zero-order valence-electron chi connectivity index (χ0n) is 12.9. The topological polar surface area (TPSA) is 24.5 Å². The molecule has 0 aromatic carbocycles. The summed E-state index contributed by atoms with van der Waals surface area (Å²) >= 11 is 0. The Morgan fingerprint density at radius 3 is 2.47 bits per heavy atom. The average molecular weight is 268 g/mol. The minimum absolute atomic E-state index is 0.782. The molecular weight excluding hydrogens is 236 g/mol. The second-order valence-corrected chi connectivity index (χ2v) is 6.26. The third-order valence-electron chi connectivity index (χ3n) is 4.88. The van der Waals surface area contributed by atoms with Gasteiger partial charge in [0.1, 0.15) is 0 Å². The van der Waals surface area contributed by atoms with Gasteiger partial charge in [0.05, 0.1) is 0 Å². The highest BCUT2D eigenvalue weighted by atomic mass is 16.5. The first-order valence-corrected chi connectivity index (χ1v) is 8.33. The van der Waals surface area contributed by atoms with E-state index in [4.69, 9.17) is 4.74 Å². The van der Waals surface area contributed by atoms with Gasteiger partial charge in [-0.3, -0.25) is 4.90 Å². The van der Waals surface area contributed by atoms with Crippen LogP contribution in [0.5, 0.6) is 0 Å². The third kappa shape index (κ3) is 4.44. The molecule has 2 fully saturated rings. The number of fused-ring (bicyclic) bond motifs is 2. The van der Waals surface area contributed by atoms with Crippen molar-refractivity contribution in [1.29, 1.82) is 0 Å². The first-order chi connectivity index (χ1) is 9.35. The van der Waals surface area contributed by atoms with E-state index >= 15 is 0 Å². The van der Waals surface area contributed by atoms with Crippen molar-refractivity contribution in [3.63, 3.8) is 0 Å². The molecule has 0 aromatic rings. The molecule has 0 spiro atoms. The molecule has 0 amide bonds. The van der Waals surface area contributed by atoms with Crippen LogP contribution in [0.15, 0.2) is 0 Å². The van der Waals surface area contributed by atoms with Gasteiger partial charge in [0, 0.05) is 31.8 Å². The molecule has 0 radical (unpaired) electrons. The lowest BCUT2D eigenvalue weighted by Crippen LogP contribution is -2.56. The lowest BCUT2D eigenvalue weighted by Gasteiger charge is -2.49. The number of nitrogens with zero attached hydrogens (tertiary/aromatic N) is 1. The first kappa shape index (κ1) is 15.3. The highest BCUT2D eigenvalue weighted by Gasteiger charge is 2.37. The van der Waals surface area contributed by atoms with Gasteiger partial charge < -0.3 is 10.1 Å². The van der Waals surface area contributed by atoms with Gasteiger partial charge in [0.2, 0.25) is 0 Å². The lowest BCUT2D eigenvalue weighted by molar-refractivity contribution is 0.0233. The molecule has 2 atom stereocenters. The smallest absolute Gasteiger partial charge is 0.0462 e. The van der Waals surface area contributed by atoms with Crippen molar-refractivity contribution in [2.45, 2.75) is 76.4 Å². The van der Waals surface area contributed by atoms with E-state index in [-0.39, 0.29) is 0 Å². The zero-order chi connectivity index (χ0) is 13.5. The highest BCUT2D eigenvalue weighted by Crippen LogP contribution is 2.34. The summed E-state index contributed by atoms with van der Waals surface area (Å²) < 4.78 is 5.13. The summed E-state index contributed by atoms with van der Waals surface area (Å²) in [6.45, 7) is 5.60. The second kappa shape index (κ2) is 8.23. The first-order valence-electron chi connectivity index (χ1n) is 8.33. The standard InChI is InChI=1S/C16H32N2O/c1-3-17-14-12-15-8-7-9-16(13-14)18(15)10-5-4-6-11-19-2/h14-17H,3-13H2,1-2H3. The van der Waals surface area contributed by atoms with E-state index in [9.17, 15) is 0 Å². The molecule has 3 nitrogen and oxygen atoms in total. The summed E-state index contributed by atoms with van der Waals surface area (Å²) in [6, 6.07) is 2.50. The Morgan fingerprint density at radius 2 is 1.84 bits per heavy atom. The lowest BCUT2D eigenvalue weighted by atomic mass is 9.81. The molecule has 0 aliphatic carbocycles. The summed E-state index contributed by atoms with van der Waals surface area (Å²) in [5, 5.41) is 3.67. The monoisotopic (exact) mass is 268 g/mol.